The average Bonchev–Trinajstić information content (AvgIpc) is 2.82. The third-order valence-corrected chi connectivity index (χ3v) is 5.48. The van der Waals surface area contributed by atoms with E-state index in [4.69, 9.17) is 9.47 Å². The van der Waals surface area contributed by atoms with Gasteiger partial charge < -0.3 is 14.8 Å². The van der Waals surface area contributed by atoms with E-state index in [0.29, 0.717) is 13.2 Å². The van der Waals surface area contributed by atoms with E-state index in [1.54, 1.807) is 0 Å². The van der Waals surface area contributed by atoms with E-state index >= 15 is 0 Å². The maximum absolute atomic E-state index is 5.89. The first kappa shape index (κ1) is 22.4. The molecule has 0 aliphatic carbocycles. The summed E-state index contributed by atoms with van der Waals surface area (Å²) in [5, 5.41) is 3.51. The van der Waals surface area contributed by atoms with Crippen LogP contribution in [0.5, 0.6) is 11.5 Å². The first-order valence-corrected chi connectivity index (χ1v) is 11.4. The zero-order valence-electron chi connectivity index (χ0n) is 19.7. The fraction of sp³-hybridized carbons (Fsp3) is 0.207. The maximum Gasteiger partial charge on any atom is 0.132 e. The lowest BCUT2D eigenvalue weighted by Crippen LogP contribution is -1.98. The van der Waals surface area contributed by atoms with Crippen LogP contribution in [0.4, 0.5) is 11.4 Å². The highest BCUT2D eigenvalue weighted by Crippen LogP contribution is 2.34. The molecule has 4 heteroatoms. The fourth-order valence-electron chi connectivity index (χ4n) is 3.86. The molecule has 1 aromatic heterocycles. The lowest BCUT2D eigenvalue weighted by Gasteiger charge is -2.13. The Labute approximate surface area is 196 Å². The summed E-state index contributed by atoms with van der Waals surface area (Å²) in [7, 11) is 0. The molecule has 0 fully saturated rings. The van der Waals surface area contributed by atoms with Gasteiger partial charge in [-0.2, -0.15) is 0 Å². The van der Waals surface area contributed by atoms with Gasteiger partial charge in [0.2, 0.25) is 0 Å². The zero-order valence-corrected chi connectivity index (χ0v) is 19.7. The van der Waals surface area contributed by atoms with Crippen LogP contribution in [0.3, 0.4) is 0 Å². The van der Waals surface area contributed by atoms with Crippen LogP contribution in [0.1, 0.15) is 25.0 Å². The number of ether oxygens (including phenoxy) is 2. The van der Waals surface area contributed by atoms with Crippen LogP contribution in [-0.2, 0) is 0 Å². The molecule has 0 saturated carbocycles. The molecule has 33 heavy (non-hydrogen) atoms. The molecule has 0 atom stereocenters. The number of anilines is 2. The molecule has 4 rings (SSSR count). The summed E-state index contributed by atoms with van der Waals surface area (Å²) < 4.78 is 11.5. The minimum atomic E-state index is 0.581. The summed E-state index contributed by atoms with van der Waals surface area (Å²) in [6.07, 6.45) is 1.85. The Balaban J connectivity index is 1.59. The molecule has 1 N–H and O–H groups in total. The van der Waals surface area contributed by atoms with E-state index in [-0.39, 0.29) is 0 Å². The molecule has 0 aliphatic rings. The van der Waals surface area contributed by atoms with Crippen molar-refractivity contribution in [1.82, 2.24) is 4.98 Å². The fourth-order valence-corrected chi connectivity index (χ4v) is 3.86. The van der Waals surface area contributed by atoms with Crippen LogP contribution in [0.15, 0.2) is 79.0 Å². The SMILES string of the molecule is CCOc1ccc(-c2cc(-c3ccc(Nc4ccc(C)cc4C)cc3)ccn2)c(OCC)c1. The van der Waals surface area contributed by atoms with Gasteiger partial charge >= 0.3 is 0 Å². The minimum absolute atomic E-state index is 0.581. The largest absolute Gasteiger partial charge is 0.494 e. The van der Waals surface area contributed by atoms with E-state index in [1.807, 2.05) is 44.3 Å². The molecule has 1 heterocycles. The molecule has 0 unspecified atom stereocenters. The molecule has 0 amide bonds. The molecule has 0 radical (unpaired) electrons. The van der Waals surface area contributed by atoms with Crippen molar-refractivity contribution in [3.63, 3.8) is 0 Å². The Kier molecular flexibility index (Phi) is 6.94. The highest BCUT2D eigenvalue weighted by atomic mass is 16.5. The van der Waals surface area contributed by atoms with E-state index in [0.717, 1.165) is 45.3 Å². The molecule has 168 valence electrons. The summed E-state index contributed by atoms with van der Waals surface area (Å²) in [6, 6.07) is 25.0. The highest BCUT2D eigenvalue weighted by molar-refractivity contribution is 5.75. The van der Waals surface area contributed by atoms with Crippen molar-refractivity contribution in [2.45, 2.75) is 27.7 Å². The maximum atomic E-state index is 5.89. The van der Waals surface area contributed by atoms with Gasteiger partial charge in [-0.25, -0.2) is 0 Å². The van der Waals surface area contributed by atoms with Crippen molar-refractivity contribution in [1.29, 1.82) is 0 Å². The number of rotatable bonds is 8. The number of hydrogen-bond acceptors (Lipinski definition) is 4. The number of nitrogens with one attached hydrogen (secondary N) is 1. The van der Waals surface area contributed by atoms with Gasteiger partial charge in [0.15, 0.2) is 0 Å². The zero-order chi connectivity index (χ0) is 23.2. The van der Waals surface area contributed by atoms with E-state index in [1.165, 1.54) is 11.1 Å². The van der Waals surface area contributed by atoms with Crippen molar-refractivity contribution in [3.8, 4) is 33.9 Å². The topological polar surface area (TPSA) is 43.4 Å². The Morgan fingerprint density at radius 1 is 0.758 bits per heavy atom. The third-order valence-electron chi connectivity index (χ3n) is 5.48. The summed E-state index contributed by atoms with van der Waals surface area (Å²) in [5.74, 6) is 1.58. The smallest absolute Gasteiger partial charge is 0.132 e. The van der Waals surface area contributed by atoms with Crippen molar-refractivity contribution < 1.29 is 9.47 Å². The molecular weight excluding hydrogens is 408 g/mol. The molecule has 0 aliphatic heterocycles. The van der Waals surface area contributed by atoms with Crippen molar-refractivity contribution in [2.24, 2.45) is 0 Å². The van der Waals surface area contributed by atoms with E-state index in [2.05, 4.69) is 72.7 Å². The van der Waals surface area contributed by atoms with E-state index in [9.17, 15) is 0 Å². The third kappa shape index (κ3) is 5.35. The number of aromatic nitrogens is 1. The lowest BCUT2D eigenvalue weighted by molar-refractivity contribution is 0.324. The van der Waals surface area contributed by atoms with Crippen molar-refractivity contribution >= 4 is 11.4 Å². The monoisotopic (exact) mass is 438 g/mol. The Bertz CT molecular complexity index is 1230. The second kappa shape index (κ2) is 10.2. The van der Waals surface area contributed by atoms with Crippen molar-refractivity contribution in [2.75, 3.05) is 18.5 Å². The molecule has 4 aromatic rings. The molecule has 0 saturated heterocycles. The summed E-state index contributed by atoms with van der Waals surface area (Å²) in [4.78, 5) is 4.61. The predicted molar refractivity (Wildman–Crippen MR) is 137 cm³/mol. The first-order chi connectivity index (χ1) is 16.1. The van der Waals surface area contributed by atoms with Gasteiger partial charge in [0.1, 0.15) is 11.5 Å². The second-order valence-corrected chi connectivity index (χ2v) is 7.97. The van der Waals surface area contributed by atoms with Gasteiger partial charge in [-0.15, -0.1) is 0 Å². The number of pyridine rings is 1. The molecule has 3 aromatic carbocycles. The summed E-state index contributed by atoms with van der Waals surface area (Å²) in [5.41, 5.74) is 8.75. The molecule has 0 bridgehead atoms. The summed E-state index contributed by atoms with van der Waals surface area (Å²) >= 11 is 0. The second-order valence-electron chi connectivity index (χ2n) is 7.97. The van der Waals surface area contributed by atoms with Crippen LogP contribution in [-0.4, -0.2) is 18.2 Å². The van der Waals surface area contributed by atoms with Crippen LogP contribution in [0.2, 0.25) is 0 Å². The van der Waals surface area contributed by atoms with Crippen molar-refractivity contribution in [3.05, 3.63) is 90.1 Å². The van der Waals surface area contributed by atoms with Crippen LogP contribution in [0.25, 0.3) is 22.4 Å². The highest BCUT2D eigenvalue weighted by Gasteiger charge is 2.11. The standard InChI is InChI=1S/C29H30N2O2/c1-5-32-25-12-13-26(29(19-25)33-6-2)28-18-23(15-16-30-28)22-8-10-24(11-9-22)31-27-14-7-20(3)17-21(27)4/h7-19,31H,5-6H2,1-4H3. The Hall–Kier alpha value is -3.79. The number of nitrogens with zero attached hydrogens (tertiary/aromatic N) is 1. The minimum Gasteiger partial charge on any atom is -0.494 e. The normalized spacial score (nSPS) is 10.7. The first-order valence-electron chi connectivity index (χ1n) is 11.4. The summed E-state index contributed by atoms with van der Waals surface area (Å²) in [6.45, 7) is 9.39. The van der Waals surface area contributed by atoms with Crippen LogP contribution in [0, 0.1) is 13.8 Å². The number of aryl methyl sites for hydroxylation is 2. The molecular formula is C29H30N2O2. The van der Waals surface area contributed by atoms with E-state index < -0.39 is 0 Å². The van der Waals surface area contributed by atoms with Gasteiger partial charge in [0.05, 0.1) is 18.9 Å². The Morgan fingerprint density at radius 3 is 2.27 bits per heavy atom. The van der Waals surface area contributed by atoms with Crippen LogP contribution < -0.4 is 14.8 Å². The van der Waals surface area contributed by atoms with Crippen LogP contribution >= 0.6 is 0 Å². The quantitative estimate of drug-likeness (QED) is 0.308. The molecule has 4 nitrogen and oxygen atoms in total. The molecule has 0 spiro atoms. The lowest BCUT2D eigenvalue weighted by atomic mass is 10.0. The Morgan fingerprint density at radius 2 is 1.55 bits per heavy atom. The van der Waals surface area contributed by atoms with Gasteiger partial charge in [0, 0.05) is 29.2 Å². The number of benzene rings is 3. The average molecular weight is 439 g/mol. The number of hydrogen-bond donors (Lipinski definition) is 1. The predicted octanol–water partition coefficient (Wildman–Crippen LogP) is 7.57. The van der Waals surface area contributed by atoms with Gasteiger partial charge in [-0.1, -0.05) is 29.8 Å². The van der Waals surface area contributed by atoms with Gasteiger partial charge in [-0.05, 0) is 86.8 Å². The van der Waals surface area contributed by atoms with Gasteiger partial charge in [0.25, 0.3) is 0 Å². The van der Waals surface area contributed by atoms with Gasteiger partial charge in [-0.3, -0.25) is 4.98 Å².